The Morgan fingerprint density at radius 3 is 1.57 bits per heavy atom. The second-order valence-electron chi connectivity index (χ2n) is 21.4. The van der Waals surface area contributed by atoms with Crippen LogP contribution in [0.5, 0.6) is 5.75 Å². The van der Waals surface area contributed by atoms with Gasteiger partial charge >= 0.3 is 0 Å². The molecule has 432 valence electrons. The first-order chi connectivity index (χ1) is 38.9. The number of nitrogens with one attached hydrogen (secondary N) is 6. The summed E-state index contributed by atoms with van der Waals surface area (Å²) in [6, 6.07) is 18.1. The lowest BCUT2D eigenvalue weighted by Crippen LogP contribution is -2.57. The third-order valence-corrected chi connectivity index (χ3v) is 14.8. The number of carbonyl (C=O) groups excluding carboxylic acids is 8. The number of ether oxygens (including phenoxy) is 5. The minimum absolute atomic E-state index is 0.0558. The predicted molar refractivity (Wildman–Crippen MR) is 295 cm³/mol. The number of methoxy groups -OCH3 is 1. The topological polar surface area (TPSA) is 281 Å². The second kappa shape index (κ2) is 27.3. The molecule has 22 heteroatoms. The number of hydrogen-bond donors (Lipinski definition) is 6. The lowest BCUT2D eigenvalue weighted by molar-refractivity contribution is -0.134. The Labute approximate surface area is 471 Å². The van der Waals surface area contributed by atoms with Crippen LogP contribution < -0.4 is 36.6 Å². The number of Topliss-reactive ketones (excluding diaryl/α,β-unsaturated/α-hetero) is 2. The molecule has 0 saturated carbocycles. The molecule has 0 radical (unpaired) electrons. The first-order valence-electron chi connectivity index (χ1n) is 27.4. The summed E-state index contributed by atoms with van der Waals surface area (Å²) in [5.74, 6) is -3.65. The fraction of sp³-hybridized carbons (Fsp3) is 0.475. The van der Waals surface area contributed by atoms with Crippen molar-refractivity contribution in [2.24, 2.45) is 0 Å². The molecule has 6 amide bonds. The van der Waals surface area contributed by atoms with Crippen molar-refractivity contribution in [1.29, 1.82) is 0 Å². The fourth-order valence-electron chi connectivity index (χ4n) is 9.66. The van der Waals surface area contributed by atoms with E-state index in [1.807, 2.05) is 40.1 Å². The molecule has 0 aliphatic carbocycles. The van der Waals surface area contributed by atoms with Gasteiger partial charge in [0.1, 0.15) is 47.2 Å². The van der Waals surface area contributed by atoms with E-state index in [2.05, 4.69) is 36.9 Å². The van der Waals surface area contributed by atoms with Crippen molar-refractivity contribution in [1.82, 2.24) is 46.7 Å². The molecule has 0 spiro atoms. The molecule has 5 heterocycles. The molecule has 4 saturated heterocycles. The van der Waals surface area contributed by atoms with Crippen molar-refractivity contribution in [2.75, 3.05) is 86.0 Å². The summed E-state index contributed by atoms with van der Waals surface area (Å²) in [7, 11) is 1.49. The van der Waals surface area contributed by atoms with Gasteiger partial charge in [0.25, 0.3) is 0 Å². The Kier molecular flexibility index (Phi) is 20.1. The van der Waals surface area contributed by atoms with Crippen LogP contribution in [-0.4, -0.2) is 189 Å². The highest BCUT2D eigenvalue weighted by Gasteiger charge is 2.51. The van der Waals surface area contributed by atoms with Crippen molar-refractivity contribution < 1.29 is 62.0 Å². The second-order valence-corrected chi connectivity index (χ2v) is 21.4. The summed E-state index contributed by atoms with van der Waals surface area (Å²) in [5.41, 5.74) is 1.20. The van der Waals surface area contributed by atoms with Gasteiger partial charge in [0.2, 0.25) is 35.4 Å². The molecule has 8 rings (SSSR count). The molecule has 1 aromatic heterocycles. The molecule has 6 N–H and O–H groups in total. The minimum atomic E-state index is -1.28. The van der Waals surface area contributed by atoms with E-state index in [4.69, 9.17) is 23.7 Å². The van der Waals surface area contributed by atoms with Gasteiger partial charge in [-0.1, -0.05) is 66.7 Å². The van der Waals surface area contributed by atoms with Gasteiger partial charge in [-0.25, -0.2) is 0 Å². The maximum absolute atomic E-state index is 14.6. The summed E-state index contributed by atoms with van der Waals surface area (Å²) in [6.07, 6.45) is 3.07. The van der Waals surface area contributed by atoms with Gasteiger partial charge in [-0.3, -0.25) is 53.1 Å². The summed E-state index contributed by atoms with van der Waals surface area (Å²) < 4.78 is 27.7. The van der Waals surface area contributed by atoms with Crippen LogP contribution in [-0.2, 0) is 76.6 Å². The predicted octanol–water partition coefficient (Wildman–Crippen LogP) is 0.787. The van der Waals surface area contributed by atoms with Crippen LogP contribution in [0.1, 0.15) is 56.0 Å². The van der Waals surface area contributed by atoms with Gasteiger partial charge in [0.05, 0.1) is 65.9 Å². The monoisotopic (exact) mass is 1120 g/mol. The molecule has 4 aliphatic rings. The smallest absolute Gasteiger partial charge is 0.243 e. The summed E-state index contributed by atoms with van der Waals surface area (Å²) in [4.78, 5) is 120. The van der Waals surface area contributed by atoms with Crippen LogP contribution in [0.4, 0.5) is 0 Å². The zero-order valence-corrected chi connectivity index (χ0v) is 46.5. The summed E-state index contributed by atoms with van der Waals surface area (Å²) in [6.45, 7) is 11.1. The number of hydrogen-bond acceptors (Lipinski definition) is 16. The quantitative estimate of drug-likeness (QED) is 0.0451. The van der Waals surface area contributed by atoms with Crippen LogP contribution >= 0.6 is 0 Å². The van der Waals surface area contributed by atoms with Crippen molar-refractivity contribution in [2.45, 2.75) is 94.4 Å². The Morgan fingerprint density at radius 2 is 1.04 bits per heavy atom. The van der Waals surface area contributed by atoms with Gasteiger partial charge in [-0.05, 0) is 74.6 Å². The van der Waals surface area contributed by atoms with Crippen LogP contribution in [0.3, 0.4) is 0 Å². The first kappa shape index (κ1) is 59.6. The van der Waals surface area contributed by atoms with E-state index < -0.39 is 71.1 Å². The van der Waals surface area contributed by atoms with Crippen molar-refractivity contribution in [3.05, 3.63) is 120 Å². The van der Waals surface area contributed by atoms with Crippen LogP contribution in [0.15, 0.2) is 97.3 Å². The third kappa shape index (κ3) is 16.6. The van der Waals surface area contributed by atoms with Crippen molar-refractivity contribution in [3.8, 4) is 16.9 Å². The van der Waals surface area contributed by atoms with Gasteiger partial charge in [-0.2, -0.15) is 0 Å². The van der Waals surface area contributed by atoms with E-state index in [1.54, 1.807) is 80.8 Å². The van der Waals surface area contributed by atoms with Gasteiger partial charge in [-0.15, -0.1) is 0 Å². The molecular formula is C59H73N9O13. The number of nitrogens with zero attached hydrogens (tertiary/aromatic N) is 3. The van der Waals surface area contributed by atoms with Gasteiger partial charge in [0, 0.05) is 62.5 Å². The molecule has 4 fully saturated rings. The van der Waals surface area contributed by atoms with Crippen LogP contribution in [0.25, 0.3) is 11.1 Å². The number of ketones is 2. The van der Waals surface area contributed by atoms with E-state index in [9.17, 15) is 38.4 Å². The lowest BCUT2D eigenvalue weighted by Gasteiger charge is -2.27. The molecule has 8 unspecified atom stereocenters. The number of aromatic nitrogens is 1. The molecule has 0 bridgehead atoms. The molecule has 22 nitrogen and oxygen atoms in total. The van der Waals surface area contributed by atoms with Gasteiger partial charge in [0.15, 0.2) is 11.6 Å². The van der Waals surface area contributed by atoms with E-state index in [0.717, 1.165) is 5.56 Å². The maximum atomic E-state index is 14.6. The third-order valence-electron chi connectivity index (χ3n) is 14.8. The van der Waals surface area contributed by atoms with Gasteiger partial charge < -0.3 is 55.6 Å². The Morgan fingerprint density at radius 1 is 0.556 bits per heavy atom. The molecular weight excluding hydrogens is 1040 g/mol. The molecule has 3 aromatic carbocycles. The minimum Gasteiger partial charge on any atom is -0.496 e. The molecule has 8 atom stereocenters. The van der Waals surface area contributed by atoms with E-state index in [1.165, 1.54) is 21.0 Å². The average molecular weight is 1120 g/mol. The Balaban J connectivity index is 1.05. The number of benzene rings is 3. The SMILES string of the molecule is COc1ccc(CC(NC(=O)C(C)NC(=O)CN2CCOCC2)C(=O)NC(C(=O)C2(C)CO2)c2ccccc2)cc1-c1cncc(CC(NC(=O)C(C)NC(=O)CN2CCOCC2)C(=O)NC(Cc2ccccc2)C(=O)C2(C)CO2)c1. The van der Waals surface area contributed by atoms with Crippen molar-refractivity contribution >= 4 is 47.0 Å². The zero-order chi connectivity index (χ0) is 57.7. The van der Waals surface area contributed by atoms with Crippen molar-refractivity contribution in [3.63, 3.8) is 0 Å². The Hall–Kier alpha value is -7.47. The van der Waals surface area contributed by atoms with E-state index >= 15 is 0 Å². The molecule has 81 heavy (non-hydrogen) atoms. The standard InChI is InChI=1S/C59H73N9O13/c1-37(61-49(69)33-67-18-22-78-23-19-67)54(73)64-46(57(76)66-51(42-14-10-7-11-15-42)53(72)59(4)36-81-59)29-40-16-17-48(77-5)44(27-40)43-26-41(31-60-32-43)30-47(65-55(74)38(2)62-50(70)34-68-20-24-79-25-21-68)56(75)63-45(52(71)58(3)35-80-58)28-39-12-8-6-9-13-39/h6-17,26-27,31-32,37-38,45-47,51H,18-25,28-30,33-36H2,1-5H3,(H,61,69)(H,62,70)(H,63,75)(H,64,73)(H,65,74)(H,66,76). The number of epoxide rings is 2. The molecule has 4 aromatic rings. The normalized spacial score (nSPS) is 21.0. The number of rotatable bonds is 27. The summed E-state index contributed by atoms with van der Waals surface area (Å²) >= 11 is 0. The van der Waals surface area contributed by atoms with Crippen LogP contribution in [0, 0.1) is 0 Å². The number of carbonyl (C=O) groups is 8. The zero-order valence-electron chi connectivity index (χ0n) is 46.5. The highest BCUT2D eigenvalue weighted by atomic mass is 16.6. The Bertz CT molecular complexity index is 2890. The van der Waals surface area contributed by atoms with E-state index in [0.29, 0.717) is 86.2 Å². The highest BCUT2D eigenvalue weighted by Crippen LogP contribution is 2.34. The average Bonchev–Trinajstić information content (AvgIpc) is 4.54. The lowest BCUT2D eigenvalue weighted by atomic mass is 9.93. The maximum Gasteiger partial charge on any atom is 0.243 e. The largest absolute Gasteiger partial charge is 0.496 e. The number of amides is 6. The summed E-state index contributed by atoms with van der Waals surface area (Å²) in [5, 5.41) is 16.9. The number of morpholine rings is 2. The number of pyridine rings is 1. The molecule has 4 aliphatic heterocycles. The van der Waals surface area contributed by atoms with Crippen LogP contribution in [0.2, 0.25) is 0 Å². The van der Waals surface area contributed by atoms with E-state index in [-0.39, 0.29) is 68.9 Å². The first-order valence-corrected chi connectivity index (χ1v) is 27.4. The fourth-order valence-corrected chi connectivity index (χ4v) is 9.66. The highest BCUT2D eigenvalue weighted by molar-refractivity contribution is 6.00.